The number of anilines is 1. The second kappa shape index (κ2) is 15.6. The van der Waals surface area contributed by atoms with E-state index >= 15 is 0 Å². The average Bonchev–Trinajstić information content (AvgIpc) is 3.04. The number of amides is 3. The first-order chi connectivity index (χ1) is 20.9. The van der Waals surface area contributed by atoms with Crippen molar-refractivity contribution < 1.29 is 28.7 Å². The van der Waals surface area contributed by atoms with Crippen molar-refractivity contribution in [1.29, 1.82) is 0 Å². The van der Waals surface area contributed by atoms with Crippen LogP contribution in [0, 0.1) is 0 Å². The third-order valence-electron chi connectivity index (χ3n) is 6.56. The molecule has 0 unspecified atom stereocenters. The Kier molecular flexibility index (Phi) is 11.1. The number of para-hydroxylation sites is 3. The van der Waals surface area contributed by atoms with Gasteiger partial charge in [0, 0.05) is 18.7 Å². The minimum absolute atomic E-state index is 0.0672. The third-order valence-corrected chi connectivity index (χ3v) is 6.56. The molecule has 0 aliphatic heterocycles. The van der Waals surface area contributed by atoms with Gasteiger partial charge in [0.05, 0.1) is 24.3 Å². The molecule has 3 aromatic carbocycles. The molecular formula is C32H33N5O6. The lowest BCUT2D eigenvalue weighted by molar-refractivity contribution is -0.140. The average molecular weight is 584 g/mol. The summed E-state index contributed by atoms with van der Waals surface area (Å²) in [5.74, 6) is -1.38. The lowest BCUT2D eigenvalue weighted by Crippen LogP contribution is -2.44. The lowest BCUT2D eigenvalue weighted by atomic mass is 10.1. The first-order valence-electron chi connectivity index (χ1n) is 13.9. The number of nitrogens with one attached hydrogen (secondary N) is 3. The summed E-state index contributed by atoms with van der Waals surface area (Å²) in [5.41, 5.74) is 3.38. The molecule has 222 valence electrons. The number of rotatable bonds is 13. The second-order valence-corrected chi connectivity index (χ2v) is 9.62. The number of aryl methyl sites for hydroxylation is 1. The number of fused-ring (bicyclic) bond motifs is 1. The van der Waals surface area contributed by atoms with Crippen molar-refractivity contribution in [3.05, 3.63) is 102 Å². The molecule has 4 aromatic rings. The summed E-state index contributed by atoms with van der Waals surface area (Å²) in [4.78, 5) is 59.1. The topological polar surface area (TPSA) is 149 Å². The molecule has 0 fully saturated rings. The molecule has 1 aromatic heterocycles. The fourth-order valence-corrected chi connectivity index (χ4v) is 4.26. The summed E-state index contributed by atoms with van der Waals surface area (Å²) in [7, 11) is 1.32. The van der Waals surface area contributed by atoms with Gasteiger partial charge in [-0.1, -0.05) is 60.7 Å². The molecule has 11 heteroatoms. The van der Waals surface area contributed by atoms with Crippen LogP contribution in [0.25, 0.3) is 11.0 Å². The van der Waals surface area contributed by atoms with E-state index in [0.717, 1.165) is 11.1 Å². The molecule has 1 atom stereocenters. The maximum Gasteiger partial charge on any atom is 0.407 e. The number of carbonyl (C=O) groups excluding carboxylic acids is 4. The summed E-state index contributed by atoms with van der Waals surface area (Å²) in [6, 6.07) is 22.6. The van der Waals surface area contributed by atoms with E-state index in [1.54, 1.807) is 30.3 Å². The highest BCUT2D eigenvalue weighted by Crippen LogP contribution is 2.18. The molecule has 3 N–H and O–H groups in total. The van der Waals surface area contributed by atoms with Gasteiger partial charge in [0.1, 0.15) is 18.3 Å². The van der Waals surface area contributed by atoms with Crippen LogP contribution in [0.5, 0.6) is 0 Å². The van der Waals surface area contributed by atoms with E-state index in [1.165, 1.54) is 13.3 Å². The van der Waals surface area contributed by atoms with Gasteiger partial charge >= 0.3 is 12.1 Å². The predicted molar refractivity (Wildman–Crippen MR) is 160 cm³/mol. The first-order valence-corrected chi connectivity index (χ1v) is 13.9. The van der Waals surface area contributed by atoms with Crippen molar-refractivity contribution in [2.45, 2.75) is 38.3 Å². The molecule has 0 saturated carbocycles. The Bertz CT molecular complexity index is 1560. The number of nitrogens with zero attached hydrogens (tertiary/aromatic N) is 2. The zero-order valence-corrected chi connectivity index (χ0v) is 23.7. The van der Waals surface area contributed by atoms with E-state index < -0.39 is 23.9 Å². The summed E-state index contributed by atoms with van der Waals surface area (Å²) in [6.07, 6.45) is 1.87. The largest absolute Gasteiger partial charge is 0.469 e. The van der Waals surface area contributed by atoms with E-state index in [9.17, 15) is 19.2 Å². The normalized spacial score (nSPS) is 11.3. The molecule has 0 aliphatic rings. The van der Waals surface area contributed by atoms with Crippen molar-refractivity contribution >= 4 is 40.6 Å². The second-order valence-electron chi connectivity index (χ2n) is 9.62. The Morgan fingerprint density at radius 2 is 1.60 bits per heavy atom. The van der Waals surface area contributed by atoms with Gasteiger partial charge in [-0.25, -0.2) is 9.78 Å². The third kappa shape index (κ3) is 9.35. The van der Waals surface area contributed by atoms with Crippen LogP contribution in [0.15, 0.2) is 85.1 Å². The number of hydrogen-bond donors (Lipinski definition) is 3. The van der Waals surface area contributed by atoms with Gasteiger partial charge in [-0.3, -0.25) is 19.4 Å². The van der Waals surface area contributed by atoms with Gasteiger partial charge in [-0.05, 0) is 48.6 Å². The highest BCUT2D eigenvalue weighted by Gasteiger charge is 2.23. The van der Waals surface area contributed by atoms with E-state index in [1.807, 2.05) is 48.5 Å². The number of esters is 1. The number of benzene rings is 3. The first kappa shape index (κ1) is 30.6. The Labute approximate surface area is 249 Å². The molecule has 0 spiro atoms. The van der Waals surface area contributed by atoms with E-state index in [4.69, 9.17) is 9.47 Å². The Morgan fingerprint density at radius 3 is 2.40 bits per heavy atom. The van der Waals surface area contributed by atoms with Crippen molar-refractivity contribution in [2.24, 2.45) is 0 Å². The highest BCUT2D eigenvalue weighted by atomic mass is 16.5. The van der Waals surface area contributed by atoms with Crippen molar-refractivity contribution in [3.63, 3.8) is 0 Å². The van der Waals surface area contributed by atoms with Gasteiger partial charge in [0.15, 0.2) is 0 Å². The number of ether oxygens (including phenoxy) is 2. The molecule has 1 heterocycles. The number of methoxy groups -OCH3 is 1. The maximum atomic E-state index is 13.5. The fraction of sp³-hybridized carbons (Fsp3) is 0.250. The number of hydrogen-bond acceptors (Lipinski definition) is 8. The van der Waals surface area contributed by atoms with Crippen molar-refractivity contribution in [3.8, 4) is 0 Å². The van der Waals surface area contributed by atoms with Crippen LogP contribution in [0.4, 0.5) is 10.5 Å². The quantitative estimate of drug-likeness (QED) is 0.157. The maximum absolute atomic E-state index is 13.5. The van der Waals surface area contributed by atoms with Crippen molar-refractivity contribution in [2.75, 3.05) is 19.0 Å². The molecule has 0 aliphatic carbocycles. The molecule has 4 rings (SSSR count). The molecule has 11 nitrogen and oxygen atoms in total. The Morgan fingerprint density at radius 1 is 0.884 bits per heavy atom. The summed E-state index contributed by atoms with van der Waals surface area (Å²) < 4.78 is 9.96. The lowest BCUT2D eigenvalue weighted by Gasteiger charge is -2.20. The summed E-state index contributed by atoms with van der Waals surface area (Å²) in [6.45, 7) is 0.356. The minimum atomic E-state index is -0.962. The Hall–Kier alpha value is -5.32. The molecule has 43 heavy (non-hydrogen) atoms. The van der Waals surface area contributed by atoms with Crippen LogP contribution in [-0.2, 0) is 32.1 Å². The van der Waals surface area contributed by atoms with Crippen LogP contribution in [0.1, 0.15) is 40.9 Å². The predicted octanol–water partition coefficient (Wildman–Crippen LogP) is 4.18. The smallest absolute Gasteiger partial charge is 0.407 e. The van der Waals surface area contributed by atoms with E-state index in [2.05, 4.69) is 25.9 Å². The monoisotopic (exact) mass is 583 g/mol. The van der Waals surface area contributed by atoms with Crippen LogP contribution in [0.2, 0.25) is 0 Å². The van der Waals surface area contributed by atoms with E-state index in [0.29, 0.717) is 29.6 Å². The number of alkyl carbamates (subject to hydrolysis) is 1. The Balaban J connectivity index is 1.40. The molecule has 0 saturated heterocycles. The standard InChI is InChI=1S/C32H33N5O6/c1-42-29(38)18-17-23-12-5-6-13-24(23)36-30(39)27(16-9-19-33-32(41)43-21-22-10-3-2-4-11-22)37-31(40)28-20-34-25-14-7-8-15-26(25)35-28/h2-8,10-15,20,27H,9,16-19,21H2,1H3,(H,33,41)(H,36,39)(H,37,40)/t27-/m0/s1. The zero-order chi connectivity index (χ0) is 30.4. The molecular weight excluding hydrogens is 550 g/mol. The molecule has 3 amide bonds. The minimum Gasteiger partial charge on any atom is -0.469 e. The summed E-state index contributed by atoms with van der Waals surface area (Å²) >= 11 is 0. The van der Waals surface area contributed by atoms with Gasteiger partial charge < -0.3 is 25.4 Å². The van der Waals surface area contributed by atoms with Gasteiger partial charge in [-0.2, -0.15) is 0 Å². The fourth-order valence-electron chi connectivity index (χ4n) is 4.26. The van der Waals surface area contributed by atoms with E-state index in [-0.39, 0.29) is 37.7 Å². The molecule has 0 bridgehead atoms. The molecule has 0 radical (unpaired) electrons. The van der Waals surface area contributed by atoms with Crippen LogP contribution < -0.4 is 16.0 Å². The van der Waals surface area contributed by atoms with Crippen molar-refractivity contribution in [1.82, 2.24) is 20.6 Å². The van der Waals surface area contributed by atoms with Crippen LogP contribution in [0.3, 0.4) is 0 Å². The SMILES string of the molecule is COC(=O)CCc1ccccc1NC(=O)[C@H](CCCNC(=O)OCc1ccccc1)NC(=O)c1cnc2ccccc2n1. The van der Waals surface area contributed by atoms with Gasteiger partial charge in [-0.15, -0.1) is 0 Å². The highest BCUT2D eigenvalue weighted by molar-refractivity contribution is 6.01. The van der Waals surface area contributed by atoms with Crippen LogP contribution >= 0.6 is 0 Å². The number of aromatic nitrogens is 2. The van der Waals surface area contributed by atoms with Crippen LogP contribution in [-0.4, -0.2) is 53.5 Å². The zero-order valence-electron chi connectivity index (χ0n) is 23.7. The van der Waals surface area contributed by atoms with Gasteiger partial charge in [0.2, 0.25) is 5.91 Å². The van der Waals surface area contributed by atoms with Gasteiger partial charge in [0.25, 0.3) is 5.91 Å². The number of carbonyl (C=O) groups is 4. The summed E-state index contributed by atoms with van der Waals surface area (Å²) in [5, 5.41) is 8.31.